The van der Waals surface area contributed by atoms with Crippen LogP contribution in [0.1, 0.15) is 0 Å². The number of nitrogens with one attached hydrogen (secondary N) is 1. The van der Waals surface area contributed by atoms with E-state index in [1.807, 2.05) is 12.3 Å². The van der Waals surface area contributed by atoms with E-state index in [1.165, 1.54) is 4.90 Å². The second-order valence-electron chi connectivity index (χ2n) is 5.71. The van der Waals surface area contributed by atoms with Crippen LogP contribution < -0.4 is 10.2 Å². The number of anilines is 3. The van der Waals surface area contributed by atoms with Crippen molar-refractivity contribution in [1.29, 1.82) is 0 Å². The first-order chi connectivity index (χ1) is 11.7. The molecule has 1 N–H and O–H groups in total. The zero-order chi connectivity index (χ0) is 16.9. The van der Waals surface area contributed by atoms with Crippen LogP contribution in [-0.4, -0.2) is 60.6 Å². The van der Waals surface area contributed by atoms with Gasteiger partial charge in [0.05, 0.1) is 5.69 Å². The number of rotatable bonds is 5. The number of likely N-dealkylation sites (N-methyl/N-ethyl adjacent to an activating group) is 1. The van der Waals surface area contributed by atoms with Gasteiger partial charge in [0.2, 0.25) is 0 Å². The third-order valence-corrected chi connectivity index (χ3v) is 5.42. The maximum atomic E-state index is 4.70. The number of piperazine rings is 1. The monoisotopic (exact) mass is 361 g/mol. The Morgan fingerprint density at radius 2 is 1.75 bits per heavy atom. The molecular weight excluding hydrogens is 338 g/mol. The van der Waals surface area contributed by atoms with Gasteiger partial charge in [-0.15, -0.1) is 11.8 Å². The van der Waals surface area contributed by atoms with Crippen molar-refractivity contribution in [2.75, 3.05) is 56.0 Å². The Hall–Kier alpha value is -1.44. The van der Waals surface area contributed by atoms with Crippen LogP contribution in [0, 0.1) is 0 Å². The lowest BCUT2D eigenvalue weighted by Crippen LogP contribution is -2.44. The van der Waals surface area contributed by atoms with Gasteiger partial charge < -0.3 is 15.1 Å². The predicted molar refractivity (Wildman–Crippen MR) is 105 cm³/mol. The maximum absolute atomic E-state index is 4.70. The second kappa shape index (κ2) is 8.09. The minimum absolute atomic E-state index is 0.801. The summed E-state index contributed by atoms with van der Waals surface area (Å²) >= 11 is 3.31. The fourth-order valence-corrected chi connectivity index (χ4v) is 3.58. The lowest BCUT2D eigenvalue weighted by molar-refractivity contribution is 0.312. The summed E-state index contributed by atoms with van der Waals surface area (Å²) in [4.78, 5) is 15.2. The van der Waals surface area contributed by atoms with E-state index in [0.717, 1.165) is 48.7 Å². The van der Waals surface area contributed by atoms with Gasteiger partial charge in [-0.3, -0.25) is 0 Å². The first-order valence-electron chi connectivity index (χ1n) is 7.96. The molecule has 1 saturated heterocycles. The summed E-state index contributed by atoms with van der Waals surface area (Å²) in [5.41, 5.74) is 1.08. The molecule has 0 spiro atoms. The molecule has 2 heterocycles. The molecule has 24 heavy (non-hydrogen) atoms. The highest BCUT2D eigenvalue weighted by atomic mass is 32.2. The SMILES string of the molecule is CSc1nc(Nc2ccccc2SC)cc(N2CCN(C)CC2)n1. The Morgan fingerprint density at radius 3 is 2.46 bits per heavy atom. The molecule has 1 aromatic carbocycles. The Morgan fingerprint density at radius 1 is 1.00 bits per heavy atom. The molecule has 5 nitrogen and oxygen atoms in total. The number of nitrogens with zero attached hydrogens (tertiary/aromatic N) is 4. The van der Waals surface area contributed by atoms with Crippen molar-refractivity contribution in [2.24, 2.45) is 0 Å². The summed E-state index contributed by atoms with van der Waals surface area (Å²) in [6.07, 6.45) is 4.10. The Bertz CT molecular complexity index is 686. The van der Waals surface area contributed by atoms with Gasteiger partial charge in [0.25, 0.3) is 0 Å². The third kappa shape index (κ3) is 4.15. The number of para-hydroxylation sites is 1. The van der Waals surface area contributed by atoms with Crippen LogP contribution in [0.25, 0.3) is 0 Å². The normalized spacial score (nSPS) is 15.5. The lowest BCUT2D eigenvalue weighted by atomic mass is 10.3. The highest BCUT2D eigenvalue weighted by molar-refractivity contribution is 7.98. The van der Waals surface area contributed by atoms with E-state index in [4.69, 9.17) is 4.98 Å². The van der Waals surface area contributed by atoms with Crippen molar-refractivity contribution in [2.45, 2.75) is 10.1 Å². The number of thioether (sulfide) groups is 2. The van der Waals surface area contributed by atoms with E-state index in [9.17, 15) is 0 Å². The average Bonchev–Trinajstić information content (AvgIpc) is 2.62. The van der Waals surface area contributed by atoms with Crippen LogP contribution in [0.5, 0.6) is 0 Å². The molecule has 7 heteroatoms. The van der Waals surface area contributed by atoms with Crippen LogP contribution in [0.3, 0.4) is 0 Å². The van der Waals surface area contributed by atoms with Crippen molar-refractivity contribution >= 4 is 40.8 Å². The summed E-state index contributed by atoms with van der Waals surface area (Å²) in [6.45, 7) is 4.14. The minimum Gasteiger partial charge on any atom is -0.354 e. The van der Waals surface area contributed by atoms with Gasteiger partial charge in [-0.25, -0.2) is 9.97 Å². The Balaban J connectivity index is 1.86. The molecule has 128 valence electrons. The number of hydrogen-bond donors (Lipinski definition) is 1. The first kappa shape index (κ1) is 17.4. The van der Waals surface area contributed by atoms with Crippen molar-refractivity contribution in [1.82, 2.24) is 14.9 Å². The largest absolute Gasteiger partial charge is 0.354 e. The molecule has 1 fully saturated rings. The smallest absolute Gasteiger partial charge is 0.191 e. The van der Waals surface area contributed by atoms with Crippen molar-refractivity contribution in [3.63, 3.8) is 0 Å². The van der Waals surface area contributed by atoms with Gasteiger partial charge >= 0.3 is 0 Å². The second-order valence-corrected chi connectivity index (χ2v) is 7.34. The van der Waals surface area contributed by atoms with Crippen molar-refractivity contribution in [3.05, 3.63) is 30.3 Å². The van der Waals surface area contributed by atoms with E-state index in [1.54, 1.807) is 23.5 Å². The summed E-state index contributed by atoms with van der Waals surface area (Å²) < 4.78 is 0. The minimum atomic E-state index is 0.801. The van der Waals surface area contributed by atoms with Gasteiger partial charge in [0, 0.05) is 37.1 Å². The molecule has 3 rings (SSSR count). The van der Waals surface area contributed by atoms with Crippen molar-refractivity contribution in [3.8, 4) is 0 Å². The molecule has 0 unspecified atom stereocenters. The fraction of sp³-hybridized carbons (Fsp3) is 0.412. The number of benzene rings is 1. The topological polar surface area (TPSA) is 44.3 Å². The van der Waals surface area contributed by atoms with Crippen LogP contribution in [-0.2, 0) is 0 Å². The van der Waals surface area contributed by atoms with Gasteiger partial charge in [0.1, 0.15) is 11.6 Å². The van der Waals surface area contributed by atoms with E-state index in [-0.39, 0.29) is 0 Å². The molecular formula is C17H23N5S2. The van der Waals surface area contributed by atoms with E-state index >= 15 is 0 Å². The van der Waals surface area contributed by atoms with Crippen LogP contribution in [0.15, 0.2) is 40.4 Å². The molecule has 1 aliphatic heterocycles. The molecule has 1 aromatic heterocycles. The van der Waals surface area contributed by atoms with Crippen molar-refractivity contribution < 1.29 is 0 Å². The van der Waals surface area contributed by atoms with E-state index < -0.39 is 0 Å². The number of aromatic nitrogens is 2. The molecule has 0 aliphatic carbocycles. The Labute approximate surface area is 152 Å². The van der Waals surface area contributed by atoms with E-state index in [0.29, 0.717) is 0 Å². The first-order valence-corrected chi connectivity index (χ1v) is 10.4. The molecule has 0 amide bonds. The third-order valence-electron chi connectivity index (χ3n) is 4.07. The molecule has 2 aromatic rings. The molecule has 0 saturated carbocycles. The number of hydrogen-bond acceptors (Lipinski definition) is 7. The van der Waals surface area contributed by atoms with Gasteiger partial charge in [0.15, 0.2) is 5.16 Å². The highest BCUT2D eigenvalue weighted by Crippen LogP contribution is 2.29. The highest BCUT2D eigenvalue weighted by Gasteiger charge is 2.17. The molecule has 0 atom stereocenters. The predicted octanol–water partition coefficient (Wildman–Crippen LogP) is 3.42. The molecule has 0 bridgehead atoms. The van der Waals surface area contributed by atoms with Crippen LogP contribution in [0.4, 0.5) is 17.3 Å². The fourth-order valence-electron chi connectivity index (χ4n) is 2.65. The Kier molecular flexibility index (Phi) is 5.86. The average molecular weight is 362 g/mol. The quantitative estimate of drug-likeness (QED) is 0.646. The van der Waals surface area contributed by atoms with Gasteiger partial charge in [-0.2, -0.15) is 0 Å². The summed E-state index contributed by atoms with van der Waals surface area (Å²) in [5, 5.41) is 4.27. The molecule has 1 aliphatic rings. The van der Waals surface area contributed by atoms with Gasteiger partial charge in [-0.1, -0.05) is 23.9 Å². The van der Waals surface area contributed by atoms with Crippen LogP contribution in [0.2, 0.25) is 0 Å². The molecule has 0 radical (unpaired) electrons. The van der Waals surface area contributed by atoms with E-state index in [2.05, 4.69) is 57.7 Å². The summed E-state index contributed by atoms with van der Waals surface area (Å²) in [6, 6.07) is 10.4. The van der Waals surface area contributed by atoms with Gasteiger partial charge in [-0.05, 0) is 31.7 Å². The lowest BCUT2D eigenvalue weighted by Gasteiger charge is -2.33. The zero-order valence-corrected chi connectivity index (χ0v) is 16.0. The zero-order valence-electron chi connectivity index (χ0n) is 14.3. The standard InChI is InChI=1S/C17H23N5S2/c1-21-8-10-22(11-9-21)16-12-15(19-17(20-16)24-3)18-13-6-4-5-7-14(13)23-2/h4-7,12H,8-11H2,1-3H3,(H,18,19,20). The van der Waals surface area contributed by atoms with Crippen LogP contribution >= 0.6 is 23.5 Å². The summed E-state index contributed by atoms with van der Waals surface area (Å²) in [5.74, 6) is 1.86. The summed E-state index contributed by atoms with van der Waals surface area (Å²) in [7, 11) is 2.16. The maximum Gasteiger partial charge on any atom is 0.191 e.